The Bertz CT molecular complexity index is 392. The molecule has 6 heteroatoms. The zero-order valence-electron chi connectivity index (χ0n) is 7.24. The highest BCUT2D eigenvalue weighted by atomic mass is 35.5. The monoisotopic (exact) mass is 214 g/mol. The van der Waals surface area contributed by atoms with Crippen LogP contribution in [-0.2, 0) is 0 Å². The lowest BCUT2D eigenvalue weighted by atomic mass is 10.2. The molecule has 0 saturated carbocycles. The molecular formula is C8H7ClN2O3. The molecule has 1 heterocycles. The van der Waals surface area contributed by atoms with Crippen LogP contribution in [0.25, 0.3) is 0 Å². The van der Waals surface area contributed by atoms with Gasteiger partial charge in [-0.05, 0) is 6.07 Å². The smallest absolute Gasteiger partial charge is 0.409 e. The van der Waals surface area contributed by atoms with Gasteiger partial charge in [0, 0.05) is 6.92 Å². The van der Waals surface area contributed by atoms with Gasteiger partial charge in [-0.25, -0.2) is 9.78 Å². The number of pyridine rings is 1. The van der Waals surface area contributed by atoms with Crippen LogP contribution in [0.1, 0.15) is 17.4 Å². The van der Waals surface area contributed by atoms with E-state index in [9.17, 15) is 9.59 Å². The van der Waals surface area contributed by atoms with Gasteiger partial charge in [0.2, 0.25) is 0 Å². The molecule has 0 fully saturated rings. The van der Waals surface area contributed by atoms with E-state index < -0.39 is 6.09 Å². The molecule has 0 unspecified atom stereocenters. The third-order valence-corrected chi connectivity index (χ3v) is 1.71. The van der Waals surface area contributed by atoms with Crippen LogP contribution >= 0.6 is 11.6 Å². The Balaban J connectivity index is 3.00. The summed E-state index contributed by atoms with van der Waals surface area (Å²) in [6, 6.07) is 1.33. The summed E-state index contributed by atoms with van der Waals surface area (Å²) >= 11 is 5.69. The zero-order valence-corrected chi connectivity index (χ0v) is 8.00. The quantitative estimate of drug-likeness (QED) is 0.739. The van der Waals surface area contributed by atoms with E-state index in [4.69, 9.17) is 16.7 Å². The maximum Gasteiger partial charge on any atom is 0.409 e. The molecule has 0 bridgehead atoms. The van der Waals surface area contributed by atoms with E-state index in [1.165, 1.54) is 19.2 Å². The first-order valence-electron chi connectivity index (χ1n) is 3.67. The third-order valence-electron chi connectivity index (χ3n) is 1.43. The fourth-order valence-corrected chi connectivity index (χ4v) is 1.19. The van der Waals surface area contributed by atoms with E-state index >= 15 is 0 Å². The number of amides is 1. The Morgan fingerprint density at radius 2 is 2.21 bits per heavy atom. The molecule has 0 radical (unpaired) electrons. The average molecular weight is 215 g/mol. The van der Waals surface area contributed by atoms with Crippen LogP contribution in [0.15, 0.2) is 12.3 Å². The Morgan fingerprint density at radius 3 is 2.64 bits per heavy atom. The Hall–Kier alpha value is -1.62. The van der Waals surface area contributed by atoms with Gasteiger partial charge < -0.3 is 5.11 Å². The number of carbonyl (C=O) groups is 2. The van der Waals surface area contributed by atoms with Crippen molar-refractivity contribution < 1.29 is 14.7 Å². The second-order valence-electron chi connectivity index (χ2n) is 2.54. The molecule has 2 N–H and O–H groups in total. The second kappa shape index (κ2) is 4.06. The zero-order chi connectivity index (χ0) is 10.7. The molecule has 0 atom stereocenters. The summed E-state index contributed by atoms with van der Waals surface area (Å²) in [5, 5.41) is 10.6. The number of carboxylic acid groups (broad SMARTS) is 1. The minimum atomic E-state index is -1.21. The molecule has 0 aliphatic carbocycles. The van der Waals surface area contributed by atoms with Crippen molar-refractivity contribution in [1.82, 2.24) is 4.98 Å². The summed E-state index contributed by atoms with van der Waals surface area (Å²) < 4.78 is 0. The molecule has 0 aliphatic heterocycles. The van der Waals surface area contributed by atoms with Gasteiger partial charge in [0.15, 0.2) is 5.78 Å². The van der Waals surface area contributed by atoms with Crippen LogP contribution in [0, 0.1) is 0 Å². The van der Waals surface area contributed by atoms with Gasteiger partial charge in [-0.15, -0.1) is 0 Å². The number of Topliss-reactive ketones (excluding diaryl/α,β-unsaturated/α-hetero) is 1. The molecule has 1 amide bonds. The summed E-state index contributed by atoms with van der Waals surface area (Å²) in [5.74, 6) is -0.267. The highest BCUT2D eigenvalue weighted by Crippen LogP contribution is 2.18. The number of aromatic nitrogens is 1. The van der Waals surface area contributed by atoms with E-state index in [2.05, 4.69) is 10.3 Å². The van der Waals surface area contributed by atoms with Crippen molar-refractivity contribution in [3.8, 4) is 0 Å². The van der Waals surface area contributed by atoms with Crippen molar-refractivity contribution in [3.63, 3.8) is 0 Å². The molecule has 1 rings (SSSR count). The van der Waals surface area contributed by atoms with Crippen molar-refractivity contribution in [1.29, 1.82) is 0 Å². The maximum atomic E-state index is 10.9. The molecule has 5 nitrogen and oxygen atoms in total. The number of nitrogens with zero attached hydrogens (tertiary/aromatic N) is 1. The molecular weight excluding hydrogens is 208 g/mol. The standard InChI is InChI=1S/C8H7ClN2O3/c1-4(12)7-6(9)2-5(3-10-7)11-8(13)14/h2-3,11H,1H3,(H,13,14). The first-order chi connectivity index (χ1) is 6.50. The number of anilines is 1. The highest BCUT2D eigenvalue weighted by Gasteiger charge is 2.08. The lowest BCUT2D eigenvalue weighted by Crippen LogP contribution is -2.08. The lowest BCUT2D eigenvalue weighted by Gasteiger charge is -2.02. The Morgan fingerprint density at radius 1 is 1.57 bits per heavy atom. The average Bonchev–Trinajstić information content (AvgIpc) is 2.01. The van der Waals surface area contributed by atoms with E-state index in [0.29, 0.717) is 0 Å². The van der Waals surface area contributed by atoms with Crippen molar-refractivity contribution in [2.75, 3.05) is 5.32 Å². The summed E-state index contributed by atoms with van der Waals surface area (Å²) in [4.78, 5) is 24.9. The van der Waals surface area contributed by atoms with Gasteiger partial charge in [0.25, 0.3) is 0 Å². The maximum absolute atomic E-state index is 10.9. The molecule has 1 aromatic rings. The van der Waals surface area contributed by atoms with Crippen LogP contribution in [-0.4, -0.2) is 22.0 Å². The lowest BCUT2D eigenvalue weighted by molar-refractivity contribution is 0.101. The van der Waals surface area contributed by atoms with Crippen LogP contribution in [0.3, 0.4) is 0 Å². The normalized spacial score (nSPS) is 9.57. The Labute approximate surface area is 84.7 Å². The van der Waals surface area contributed by atoms with Crippen LogP contribution < -0.4 is 5.32 Å². The second-order valence-corrected chi connectivity index (χ2v) is 2.95. The van der Waals surface area contributed by atoms with Crippen LogP contribution in [0.4, 0.5) is 10.5 Å². The third kappa shape index (κ3) is 2.43. The van der Waals surface area contributed by atoms with Gasteiger partial charge in [-0.3, -0.25) is 10.1 Å². The van der Waals surface area contributed by atoms with E-state index in [0.717, 1.165) is 0 Å². The van der Waals surface area contributed by atoms with Crippen molar-refractivity contribution in [3.05, 3.63) is 23.0 Å². The van der Waals surface area contributed by atoms with Gasteiger partial charge >= 0.3 is 6.09 Å². The minimum absolute atomic E-state index is 0.127. The fraction of sp³-hybridized carbons (Fsp3) is 0.125. The molecule has 14 heavy (non-hydrogen) atoms. The van der Waals surface area contributed by atoms with E-state index in [-0.39, 0.29) is 22.2 Å². The number of halogens is 1. The van der Waals surface area contributed by atoms with E-state index in [1.807, 2.05) is 0 Å². The largest absolute Gasteiger partial charge is 0.465 e. The number of hydrogen-bond acceptors (Lipinski definition) is 3. The minimum Gasteiger partial charge on any atom is -0.465 e. The van der Waals surface area contributed by atoms with Crippen LogP contribution in [0.5, 0.6) is 0 Å². The van der Waals surface area contributed by atoms with Crippen molar-refractivity contribution in [2.45, 2.75) is 6.92 Å². The fourth-order valence-electron chi connectivity index (χ4n) is 0.889. The first kappa shape index (κ1) is 10.5. The highest BCUT2D eigenvalue weighted by molar-refractivity contribution is 6.33. The molecule has 74 valence electrons. The van der Waals surface area contributed by atoms with Gasteiger partial charge in [0.1, 0.15) is 5.69 Å². The van der Waals surface area contributed by atoms with Crippen molar-refractivity contribution in [2.24, 2.45) is 0 Å². The summed E-state index contributed by atoms with van der Waals surface area (Å²) in [7, 11) is 0. The Kier molecular flexibility index (Phi) is 3.03. The van der Waals surface area contributed by atoms with Gasteiger partial charge in [0.05, 0.1) is 16.9 Å². The van der Waals surface area contributed by atoms with Gasteiger partial charge in [-0.1, -0.05) is 11.6 Å². The summed E-state index contributed by atoms with van der Waals surface area (Å²) in [6.45, 7) is 1.33. The predicted octanol–water partition coefficient (Wildman–Crippen LogP) is 2.03. The SMILES string of the molecule is CC(=O)c1ncc(NC(=O)O)cc1Cl. The molecule has 0 spiro atoms. The number of rotatable bonds is 2. The topological polar surface area (TPSA) is 79.3 Å². The number of ketones is 1. The summed E-state index contributed by atoms with van der Waals surface area (Å²) in [6.07, 6.45) is 0.0231. The van der Waals surface area contributed by atoms with Crippen LogP contribution in [0.2, 0.25) is 5.02 Å². The molecule has 0 aliphatic rings. The van der Waals surface area contributed by atoms with Crippen molar-refractivity contribution >= 4 is 29.2 Å². The number of nitrogens with one attached hydrogen (secondary N) is 1. The predicted molar refractivity (Wildman–Crippen MR) is 50.9 cm³/mol. The molecule has 1 aromatic heterocycles. The number of hydrogen-bond donors (Lipinski definition) is 2. The molecule has 0 aromatic carbocycles. The first-order valence-corrected chi connectivity index (χ1v) is 4.05. The molecule has 0 saturated heterocycles. The van der Waals surface area contributed by atoms with Gasteiger partial charge in [-0.2, -0.15) is 0 Å². The summed E-state index contributed by atoms with van der Waals surface area (Å²) in [5.41, 5.74) is 0.357. The number of carbonyl (C=O) groups excluding carboxylic acids is 1. The van der Waals surface area contributed by atoms with E-state index in [1.54, 1.807) is 0 Å².